The Kier molecular flexibility index (Phi) is 2.64. The van der Waals surface area contributed by atoms with Gasteiger partial charge < -0.3 is 9.47 Å². The van der Waals surface area contributed by atoms with Crippen molar-refractivity contribution in [1.82, 2.24) is 9.97 Å². The second-order valence-electron chi connectivity index (χ2n) is 2.44. The predicted molar refractivity (Wildman–Crippen MR) is 46.7 cm³/mol. The Morgan fingerprint density at radius 1 is 1.31 bits per heavy atom. The normalized spacial score (nSPS) is 18.0. The number of aromatic nitrogens is 2. The van der Waals surface area contributed by atoms with Gasteiger partial charge in [-0.05, 0) is 0 Å². The Labute approximate surface area is 84.8 Å². The van der Waals surface area contributed by atoms with Crippen LogP contribution in [0.3, 0.4) is 0 Å². The maximum absolute atomic E-state index is 5.79. The van der Waals surface area contributed by atoms with Crippen molar-refractivity contribution in [3.63, 3.8) is 0 Å². The molecule has 1 saturated heterocycles. The lowest BCUT2D eigenvalue weighted by Gasteiger charge is -2.08. The fourth-order valence-corrected chi connectivity index (χ4v) is 1.44. The van der Waals surface area contributed by atoms with E-state index in [9.17, 15) is 0 Å². The lowest BCUT2D eigenvalue weighted by molar-refractivity contribution is -0.0474. The molecular formula is C7H6Cl2N2O2. The molecule has 1 aromatic rings. The highest BCUT2D eigenvalue weighted by atomic mass is 35.5. The summed E-state index contributed by atoms with van der Waals surface area (Å²) in [5, 5.41) is 0.478. The third-order valence-electron chi connectivity index (χ3n) is 1.57. The van der Waals surface area contributed by atoms with Gasteiger partial charge in [0.05, 0.1) is 19.4 Å². The van der Waals surface area contributed by atoms with E-state index in [4.69, 9.17) is 32.7 Å². The van der Waals surface area contributed by atoms with Crippen LogP contribution in [-0.4, -0.2) is 23.2 Å². The molecule has 4 nitrogen and oxygen atoms in total. The zero-order valence-corrected chi connectivity index (χ0v) is 8.05. The number of hydrogen-bond acceptors (Lipinski definition) is 4. The van der Waals surface area contributed by atoms with E-state index < -0.39 is 6.29 Å². The van der Waals surface area contributed by atoms with Crippen LogP contribution >= 0.6 is 23.2 Å². The molecule has 1 aliphatic rings. The highest BCUT2D eigenvalue weighted by Gasteiger charge is 2.23. The predicted octanol–water partition coefficient (Wildman–Crippen LogP) is 1.83. The Balaban J connectivity index is 2.29. The summed E-state index contributed by atoms with van der Waals surface area (Å²) in [5.74, 6) is 0. The molecule has 0 radical (unpaired) electrons. The van der Waals surface area contributed by atoms with Crippen LogP contribution in [0.1, 0.15) is 12.0 Å². The molecular weight excluding hydrogens is 215 g/mol. The van der Waals surface area contributed by atoms with Gasteiger partial charge in [0.15, 0.2) is 5.15 Å². The summed E-state index contributed by atoms with van der Waals surface area (Å²) in [5.41, 5.74) is 0.476. The summed E-state index contributed by atoms with van der Waals surface area (Å²) in [7, 11) is 0. The third kappa shape index (κ3) is 1.91. The summed E-state index contributed by atoms with van der Waals surface area (Å²) in [6.45, 7) is 1.09. The molecule has 2 heterocycles. The second-order valence-corrected chi connectivity index (χ2v) is 3.19. The number of nitrogens with zero attached hydrogens (tertiary/aromatic N) is 2. The van der Waals surface area contributed by atoms with E-state index >= 15 is 0 Å². The van der Waals surface area contributed by atoms with Crippen LogP contribution in [-0.2, 0) is 9.47 Å². The monoisotopic (exact) mass is 220 g/mol. The van der Waals surface area contributed by atoms with Gasteiger partial charge in [-0.2, -0.15) is 0 Å². The van der Waals surface area contributed by atoms with Crippen LogP contribution in [0.5, 0.6) is 0 Å². The fraction of sp³-hybridized carbons (Fsp3) is 0.429. The smallest absolute Gasteiger partial charge is 0.204 e. The van der Waals surface area contributed by atoms with Gasteiger partial charge in [0, 0.05) is 0 Å². The van der Waals surface area contributed by atoms with Crippen molar-refractivity contribution in [3.8, 4) is 0 Å². The fourth-order valence-electron chi connectivity index (χ4n) is 1.03. The van der Waals surface area contributed by atoms with Crippen molar-refractivity contribution in [2.45, 2.75) is 6.29 Å². The van der Waals surface area contributed by atoms with Gasteiger partial charge >= 0.3 is 0 Å². The molecule has 2 rings (SSSR count). The summed E-state index contributed by atoms with van der Waals surface area (Å²) in [6, 6.07) is 0. The lowest BCUT2D eigenvalue weighted by atomic mass is 10.4. The van der Waals surface area contributed by atoms with Crippen LogP contribution in [0, 0.1) is 0 Å². The minimum absolute atomic E-state index is 0.222. The molecule has 1 aromatic heterocycles. The molecule has 0 amide bonds. The number of ether oxygens (including phenoxy) is 2. The van der Waals surface area contributed by atoms with Gasteiger partial charge in [-0.25, -0.2) is 9.97 Å². The first-order valence-electron chi connectivity index (χ1n) is 3.68. The van der Waals surface area contributed by atoms with E-state index in [0.717, 1.165) is 0 Å². The van der Waals surface area contributed by atoms with Gasteiger partial charge in [0.2, 0.25) is 6.29 Å². The standard InChI is InChI=1S/C7H6Cl2N2O2/c8-4-3-10-5(6(9)11-4)7-12-1-2-13-7/h3,7H,1-2H2. The summed E-state index contributed by atoms with van der Waals surface area (Å²) in [4.78, 5) is 7.81. The van der Waals surface area contributed by atoms with Gasteiger partial charge in [-0.3, -0.25) is 0 Å². The summed E-state index contributed by atoms with van der Waals surface area (Å²) < 4.78 is 10.4. The second kappa shape index (κ2) is 3.75. The van der Waals surface area contributed by atoms with E-state index in [2.05, 4.69) is 9.97 Å². The van der Waals surface area contributed by atoms with E-state index in [1.807, 2.05) is 0 Å². The average Bonchev–Trinajstić information content (AvgIpc) is 2.56. The number of hydrogen-bond donors (Lipinski definition) is 0. The van der Waals surface area contributed by atoms with Gasteiger partial charge in [-0.1, -0.05) is 23.2 Å². The summed E-state index contributed by atoms with van der Waals surface area (Å²) >= 11 is 11.4. The molecule has 0 aromatic carbocycles. The minimum atomic E-state index is -0.503. The van der Waals surface area contributed by atoms with Crippen molar-refractivity contribution >= 4 is 23.2 Å². The molecule has 6 heteroatoms. The molecule has 0 atom stereocenters. The molecule has 70 valence electrons. The van der Waals surface area contributed by atoms with E-state index in [1.165, 1.54) is 6.20 Å². The molecule has 13 heavy (non-hydrogen) atoms. The van der Waals surface area contributed by atoms with E-state index in [1.54, 1.807) is 0 Å². The van der Waals surface area contributed by atoms with Gasteiger partial charge in [-0.15, -0.1) is 0 Å². The molecule has 0 spiro atoms. The first kappa shape index (κ1) is 9.15. The number of halogens is 2. The molecule has 0 N–H and O–H groups in total. The van der Waals surface area contributed by atoms with E-state index in [0.29, 0.717) is 18.9 Å². The van der Waals surface area contributed by atoms with Crippen LogP contribution in [0.25, 0.3) is 0 Å². The maximum atomic E-state index is 5.79. The zero-order chi connectivity index (χ0) is 9.26. The molecule has 1 aliphatic heterocycles. The molecule has 0 aliphatic carbocycles. The van der Waals surface area contributed by atoms with Crippen molar-refractivity contribution in [3.05, 3.63) is 22.2 Å². The first-order valence-corrected chi connectivity index (χ1v) is 4.44. The Bertz CT molecular complexity index is 315. The zero-order valence-electron chi connectivity index (χ0n) is 6.54. The first-order chi connectivity index (χ1) is 6.27. The van der Waals surface area contributed by atoms with Crippen LogP contribution in [0.2, 0.25) is 10.3 Å². The SMILES string of the molecule is Clc1cnc(C2OCCO2)c(Cl)n1. The molecule has 0 bridgehead atoms. The largest absolute Gasteiger partial charge is 0.345 e. The van der Waals surface area contributed by atoms with Crippen molar-refractivity contribution in [1.29, 1.82) is 0 Å². The van der Waals surface area contributed by atoms with Crippen molar-refractivity contribution < 1.29 is 9.47 Å². The number of rotatable bonds is 1. The van der Waals surface area contributed by atoms with Crippen LogP contribution in [0.4, 0.5) is 0 Å². The lowest BCUT2D eigenvalue weighted by Crippen LogP contribution is -2.03. The highest BCUT2D eigenvalue weighted by Crippen LogP contribution is 2.26. The minimum Gasteiger partial charge on any atom is -0.345 e. The van der Waals surface area contributed by atoms with Gasteiger partial charge in [0.25, 0.3) is 0 Å². The molecule has 0 saturated carbocycles. The molecule has 0 unspecified atom stereocenters. The average molecular weight is 221 g/mol. The summed E-state index contributed by atoms with van der Waals surface area (Å²) in [6.07, 6.45) is 0.908. The van der Waals surface area contributed by atoms with E-state index in [-0.39, 0.29) is 10.3 Å². The third-order valence-corrected chi connectivity index (χ3v) is 2.03. The van der Waals surface area contributed by atoms with Gasteiger partial charge in [0.1, 0.15) is 10.8 Å². The Morgan fingerprint density at radius 2 is 2.00 bits per heavy atom. The molecule has 1 fully saturated rings. The Morgan fingerprint density at radius 3 is 2.62 bits per heavy atom. The van der Waals surface area contributed by atoms with Crippen molar-refractivity contribution in [2.75, 3.05) is 13.2 Å². The van der Waals surface area contributed by atoms with Crippen LogP contribution in [0.15, 0.2) is 6.20 Å². The quantitative estimate of drug-likeness (QED) is 0.725. The maximum Gasteiger partial charge on any atom is 0.204 e. The topological polar surface area (TPSA) is 44.2 Å². The van der Waals surface area contributed by atoms with Crippen molar-refractivity contribution in [2.24, 2.45) is 0 Å². The van der Waals surface area contributed by atoms with Crippen LogP contribution < -0.4 is 0 Å². The highest BCUT2D eigenvalue weighted by molar-refractivity contribution is 6.32. The Hall–Kier alpha value is -0.420.